The molecule has 9 nitrogen and oxygen atoms in total. The molecule has 1 aromatic carbocycles. The van der Waals surface area contributed by atoms with Crippen LogP contribution in [0.5, 0.6) is 11.5 Å². The van der Waals surface area contributed by atoms with E-state index in [-0.39, 0.29) is 11.8 Å². The average Bonchev–Trinajstić information content (AvgIpc) is 3.32. The fourth-order valence-electron chi connectivity index (χ4n) is 4.18. The maximum absolute atomic E-state index is 12.4. The van der Waals surface area contributed by atoms with Crippen molar-refractivity contribution < 1.29 is 19.4 Å². The maximum atomic E-state index is 12.4. The van der Waals surface area contributed by atoms with Crippen molar-refractivity contribution in [2.24, 2.45) is 0 Å². The van der Waals surface area contributed by atoms with Crippen molar-refractivity contribution in [1.82, 2.24) is 25.1 Å². The number of amides is 1. The summed E-state index contributed by atoms with van der Waals surface area (Å²) in [5.41, 5.74) is 1.90. The molecule has 192 valence electrons. The number of rotatable bonds is 9. The highest BCUT2D eigenvalue weighted by Gasteiger charge is 2.18. The minimum absolute atomic E-state index is 0.0603. The Bertz CT molecular complexity index is 1170. The summed E-state index contributed by atoms with van der Waals surface area (Å²) in [7, 11) is -1.17. The summed E-state index contributed by atoms with van der Waals surface area (Å²) in [5.74, 6) is 1.03. The summed E-state index contributed by atoms with van der Waals surface area (Å²) in [6, 6.07) is 7.83. The van der Waals surface area contributed by atoms with Gasteiger partial charge in [0.25, 0.3) is 0 Å². The van der Waals surface area contributed by atoms with Crippen LogP contribution >= 0.6 is 0 Å². The van der Waals surface area contributed by atoms with Crippen LogP contribution in [0.4, 0.5) is 4.79 Å². The lowest BCUT2D eigenvalue weighted by molar-refractivity contribution is 0.0880. The third kappa shape index (κ3) is 7.14. The number of nitrogens with one attached hydrogen (secondary N) is 1. The summed E-state index contributed by atoms with van der Waals surface area (Å²) >= 11 is 0. The van der Waals surface area contributed by atoms with Gasteiger partial charge in [0.2, 0.25) is 0 Å². The molecule has 0 spiro atoms. The number of hydrogen-bond acceptors (Lipinski definition) is 7. The van der Waals surface area contributed by atoms with Crippen molar-refractivity contribution in [2.75, 3.05) is 6.61 Å². The number of aromatic nitrogens is 4. The molecule has 0 radical (unpaired) electrons. The molecule has 1 aliphatic carbocycles. The Kier molecular flexibility index (Phi) is 8.37. The van der Waals surface area contributed by atoms with E-state index in [1.807, 2.05) is 10.6 Å². The van der Waals surface area contributed by atoms with Gasteiger partial charge >= 0.3 is 6.09 Å². The van der Waals surface area contributed by atoms with Crippen molar-refractivity contribution in [3.63, 3.8) is 0 Å². The van der Waals surface area contributed by atoms with Crippen LogP contribution in [-0.4, -0.2) is 51.7 Å². The highest BCUT2D eigenvalue weighted by atomic mass is 28.3. The Balaban J connectivity index is 1.46. The number of pyridine rings is 1. The molecule has 0 unspecified atom stereocenters. The van der Waals surface area contributed by atoms with E-state index in [4.69, 9.17) is 9.47 Å². The molecule has 2 heterocycles. The van der Waals surface area contributed by atoms with Gasteiger partial charge < -0.3 is 19.9 Å². The molecule has 1 amide bonds. The zero-order valence-electron chi connectivity index (χ0n) is 21.2. The molecule has 0 atom stereocenters. The standard InChI is InChI=1S/C26H35N5O4Si/c1-36(2,3)12-11-34-18-31-17-28-30-25(31)20-13-19(15-27-16-20)23-14-22(9-10-24(23)32)35-26(33)29-21-7-5-4-6-8-21/h9-10,13-17,21,32H,4-8,11-12,18H2,1-3H3,(H,29,33). The summed E-state index contributed by atoms with van der Waals surface area (Å²) < 4.78 is 13.2. The van der Waals surface area contributed by atoms with E-state index in [2.05, 4.69) is 40.1 Å². The van der Waals surface area contributed by atoms with E-state index in [1.165, 1.54) is 12.5 Å². The van der Waals surface area contributed by atoms with Gasteiger partial charge in [-0.25, -0.2) is 4.79 Å². The van der Waals surface area contributed by atoms with Crippen LogP contribution in [0, 0.1) is 0 Å². The lowest BCUT2D eigenvalue weighted by Crippen LogP contribution is -2.37. The average molecular weight is 510 g/mol. The molecule has 1 fully saturated rings. The van der Waals surface area contributed by atoms with Gasteiger partial charge in [-0.05, 0) is 43.2 Å². The molecule has 3 aromatic rings. The Morgan fingerprint density at radius 2 is 1.92 bits per heavy atom. The third-order valence-corrected chi connectivity index (χ3v) is 7.96. The van der Waals surface area contributed by atoms with E-state index in [0.717, 1.165) is 37.3 Å². The van der Waals surface area contributed by atoms with Crippen LogP contribution in [0.25, 0.3) is 22.5 Å². The second-order valence-corrected chi connectivity index (χ2v) is 16.1. The van der Waals surface area contributed by atoms with Crippen LogP contribution in [0.1, 0.15) is 32.1 Å². The van der Waals surface area contributed by atoms with Crippen molar-refractivity contribution in [3.05, 3.63) is 43.0 Å². The molecule has 2 N–H and O–H groups in total. The third-order valence-electron chi connectivity index (χ3n) is 6.26. The van der Waals surface area contributed by atoms with E-state index in [0.29, 0.717) is 36.0 Å². The fourth-order valence-corrected chi connectivity index (χ4v) is 4.94. The summed E-state index contributed by atoms with van der Waals surface area (Å²) in [5, 5.41) is 21.8. The molecule has 0 bridgehead atoms. The van der Waals surface area contributed by atoms with Crippen molar-refractivity contribution in [1.29, 1.82) is 0 Å². The highest BCUT2D eigenvalue weighted by molar-refractivity contribution is 6.76. The topological polar surface area (TPSA) is 111 Å². The maximum Gasteiger partial charge on any atom is 0.412 e. The van der Waals surface area contributed by atoms with Crippen LogP contribution in [0.15, 0.2) is 43.0 Å². The van der Waals surface area contributed by atoms with E-state index in [9.17, 15) is 9.90 Å². The first-order valence-corrected chi connectivity index (χ1v) is 16.2. The molecule has 0 saturated heterocycles. The van der Waals surface area contributed by atoms with Gasteiger partial charge in [0.1, 0.15) is 24.6 Å². The quantitative estimate of drug-likeness (QED) is 0.291. The summed E-state index contributed by atoms with van der Waals surface area (Å²) in [4.78, 5) is 16.7. The van der Waals surface area contributed by atoms with Crippen LogP contribution in [0.2, 0.25) is 25.7 Å². The van der Waals surface area contributed by atoms with Gasteiger partial charge in [-0.3, -0.25) is 9.55 Å². The first-order valence-electron chi connectivity index (χ1n) is 12.5. The largest absolute Gasteiger partial charge is 0.507 e. The van der Waals surface area contributed by atoms with Gasteiger partial charge in [-0.2, -0.15) is 0 Å². The van der Waals surface area contributed by atoms with Gasteiger partial charge in [-0.15, -0.1) is 10.2 Å². The number of phenolic OH excluding ortho intramolecular Hbond substituents is 1. The number of carbonyl (C=O) groups is 1. The number of hydrogen-bond donors (Lipinski definition) is 2. The molecule has 36 heavy (non-hydrogen) atoms. The molecular weight excluding hydrogens is 474 g/mol. The van der Waals surface area contributed by atoms with Gasteiger partial charge in [0.05, 0.1) is 0 Å². The van der Waals surface area contributed by atoms with E-state index in [1.54, 1.807) is 30.9 Å². The number of carbonyl (C=O) groups excluding carboxylic acids is 1. The Hall–Kier alpha value is -3.24. The monoisotopic (exact) mass is 509 g/mol. The second kappa shape index (κ2) is 11.7. The van der Waals surface area contributed by atoms with Gasteiger partial charge in [0, 0.05) is 49.8 Å². The molecular formula is C26H35N5O4Si. The van der Waals surface area contributed by atoms with Crippen LogP contribution in [0.3, 0.4) is 0 Å². The van der Waals surface area contributed by atoms with E-state index >= 15 is 0 Å². The summed E-state index contributed by atoms with van der Waals surface area (Å²) in [6.45, 7) is 7.99. The fraction of sp³-hybridized carbons (Fsp3) is 0.462. The number of ether oxygens (including phenoxy) is 2. The normalized spacial score (nSPS) is 14.5. The minimum atomic E-state index is -1.17. The smallest absolute Gasteiger partial charge is 0.412 e. The molecule has 2 aromatic heterocycles. The SMILES string of the molecule is C[Si](C)(C)CCOCn1cnnc1-c1cncc(-c2cc(OC(=O)NC3CCCCC3)ccc2O)c1. The molecule has 0 aliphatic heterocycles. The van der Waals surface area contributed by atoms with E-state index < -0.39 is 14.2 Å². The number of phenols is 1. The highest BCUT2D eigenvalue weighted by Crippen LogP contribution is 2.34. The molecule has 10 heteroatoms. The second-order valence-electron chi connectivity index (χ2n) is 10.5. The zero-order valence-corrected chi connectivity index (χ0v) is 22.2. The predicted octanol–water partition coefficient (Wildman–Crippen LogP) is 5.45. The minimum Gasteiger partial charge on any atom is -0.507 e. The number of aromatic hydroxyl groups is 1. The lowest BCUT2D eigenvalue weighted by Gasteiger charge is -2.22. The van der Waals surface area contributed by atoms with Gasteiger partial charge in [0.15, 0.2) is 5.82 Å². The Labute approximate surface area is 212 Å². The Morgan fingerprint density at radius 1 is 1.14 bits per heavy atom. The van der Waals surface area contributed by atoms with Gasteiger partial charge in [-0.1, -0.05) is 38.9 Å². The number of nitrogens with zero attached hydrogens (tertiary/aromatic N) is 4. The first-order chi connectivity index (χ1) is 17.3. The Morgan fingerprint density at radius 3 is 2.69 bits per heavy atom. The van der Waals surface area contributed by atoms with Crippen LogP contribution in [-0.2, 0) is 11.5 Å². The lowest BCUT2D eigenvalue weighted by atomic mass is 9.96. The molecule has 1 aliphatic rings. The predicted molar refractivity (Wildman–Crippen MR) is 140 cm³/mol. The zero-order chi connectivity index (χ0) is 25.5. The van der Waals surface area contributed by atoms with Crippen molar-refractivity contribution in [3.8, 4) is 34.0 Å². The van der Waals surface area contributed by atoms with Crippen molar-refractivity contribution >= 4 is 14.2 Å². The first kappa shape index (κ1) is 25.8. The summed E-state index contributed by atoms with van der Waals surface area (Å²) in [6.07, 6.45) is 9.90. The number of benzene rings is 1. The molecule has 4 rings (SSSR count). The van der Waals surface area contributed by atoms with Crippen molar-refractivity contribution in [2.45, 2.75) is 70.6 Å². The molecule has 1 saturated carbocycles. The van der Waals surface area contributed by atoms with Crippen LogP contribution < -0.4 is 10.1 Å².